The highest BCUT2D eigenvalue weighted by Crippen LogP contribution is 2.13. The van der Waals surface area contributed by atoms with Crippen molar-refractivity contribution in [3.8, 4) is 6.07 Å². The van der Waals surface area contributed by atoms with E-state index in [4.69, 9.17) is 5.26 Å². The van der Waals surface area contributed by atoms with Crippen LogP contribution in [0, 0.1) is 17.2 Å². The number of amides is 1. The van der Waals surface area contributed by atoms with Crippen LogP contribution in [0.15, 0.2) is 30.3 Å². The van der Waals surface area contributed by atoms with Crippen LogP contribution >= 0.6 is 0 Å². The monoisotopic (exact) mass is 257 g/mol. The molecule has 0 spiro atoms. The smallest absolute Gasteiger partial charge is 0.238 e. The summed E-state index contributed by atoms with van der Waals surface area (Å²) in [7, 11) is 0. The molecule has 0 aromatic heterocycles. The minimum absolute atomic E-state index is 0.0631. The highest BCUT2D eigenvalue weighted by molar-refractivity contribution is 5.82. The molecule has 1 saturated heterocycles. The quantitative estimate of drug-likeness (QED) is 0.853. The summed E-state index contributed by atoms with van der Waals surface area (Å²) in [5.74, 6) is 0.456. The Hall–Kier alpha value is -1.86. The van der Waals surface area contributed by atoms with Gasteiger partial charge < -0.3 is 10.6 Å². The first kappa shape index (κ1) is 13.6. The van der Waals surface area contributed by atoms with Gasteiger partial charge in [0.05, 0.1) is 12.1 Å². The van der Waals surface area contributed by atoms with Crippen LogP contribution in [0.5, 0.6) is 0 Å². The van der Waals surface area contributed by atoms with E-state index in [1.165, 1.54) is 0 Å². The molecule has 0 saturated carbocycles. The number of nitriles is 1. The maximum atomic E-state index is 12.0. The topological polar surface area (TPSA) is 64.9 Å². The van der Waals surface area contributed by atoms with Gasteiger partial charge in [-0.25, -0.2) is 0 Å². The van der Waals surface area contributed by atoms with Crippen molar-refractivity contribution in [3.63, 3.8) is 0 Å². The van der Waals surface area contributed by atoms with Gasteiger partial charge in [0.1, 0.15) is 6.04 Å². The third-order valence-corrected chi connectivity index (χ3v) is 3.42. The summed E-state index contributed by atoms with van der Waals surface area (Å²) < 4.78 is 0. The van der Waals surface area contributed by atoms with Crippen LogP contribution in [0.3, 0.4) is 0 Å². The van der Waals surface area contributed by atoms with Crippen LogP contribution in [-0.2, 0) is 11.2 Å². The van der Waals surface area contributed by atoms with E-state index < -0.39 is 6.04 Å². The number of hydrogen-bond acceptors (Lipinski definition) is 3. The second-order valence-electron chi connectivity index (χ2n) is 5.18. The van der Waals surface area contributed by atoms with Crippen LogP contribution in [0.25, 0.3) is 0 Å². The minimum atomic E-state index is -0.465. The molecule has 0 aliphatic carbocycles. The molecule has 1 aromatic carbocycles. The molecule has 1 amide bonds. The van der Waals surface area contributed by atoms with Crippen LogP contribution < -0.4 is 10.6 Å². The van der Waals surface area contributed by atoms with E-state index in [0.29, 0.717) is 12.3 Å². The Balaban J connectivity index is 1.89. The molecule has 0 radical (unpaired) electrons. The van der Waals surface area contributed by atoms with Gasteiger partial charge in [0.2, 0.25) is 5.91 Å². The van der Waals surface area contributed by atoms with E-state index in [1.54, 1.807) is 0 Å². The Morgan fingerprint density at radius 3 is 2.84 bits per heavy atom. The lowest BCUT2D eigenvalue weighted by Crippen LogP contribution is -2.45. The number of hydrogen-bond donors (Lipinski definition) is 2. The lowest BCUT2D eigenvalue weighted by molar-refractivity contribution is -0.123. The van der Waals surface area contributed by atoms with Gasteiger partial charge in [-0.1, -0.05) is 37.3 Å². The molecule has 0 unspecified atom stereocenters. The number of nitrogens with one attached hydrogen (secondary N) is 2. The average Bonchev–Trinajstić information content (AvgIpc) is 2.86. The molecule has 100 valence electrons. The molecule has 1 fully saturated rings. The van der Waals surface area contributed by atoms with Crippen LogP contribution in [0.1, 0.15) is 18.9 Å². The Kier molecular flexibility index (Phi) is 4.53. The maximum Gasteiger partial charge on any atom is 0.238 e. The lowest BCUT2D eigenvalue weighted by Gasteiger charge is -2.15. The van der Waals surface area contributed by atoms with Gasteiger partial charge in [-0.3, -0.25) is 4.79 Å². The molecule has 3 atom stereocenters. The maximum absolute atomic E-state index is 12.0. The Morgan fingerprint density at radius 2 is 2.26 bits per heavy atom. The fraction of sp³-hybridized carbons (Fsp3) is 0.467. The van der Waals surface area contributed by atoms with E-state index in [-0.39, 0.29) is 11.9 Å². The summed E-state index contributed by atoms with van der Waals surface area (Å²) in [4.78, 5) is 12.0. The summed E-state index contributed by atoms with van der Waals surface area (Å²) in [6, 6.07) is 11.3. The predicted octanol–water partition coefficient (Wildman–Crippen LogP) is 1.24. The van der Waals surface area contributed by atoms with Crippen molar-refractivity contribution in [2.75, 3.05) is 6.54 Å². The zero-order valence-corrected chi connectivity index (χ0v) is 11.1. The Labute approximate surface area is 113 Å². The summed E-state index contributed by atoms with van der Waals surface area (Å²) in [6.45, 7) is 2.99. The van der Waals surface area contributed by atoms with Crippen LogP contribution in [0.2, 0.25) is 0 Å². The largest absolute Gasteiger partial charge is 0.339 e. The van der Waals surface area contributed by atoms with Gasteiger partial charge in [0.15, 0.2) is 0 Å². The first-order chi connectivity index (χ1) is 9.19. The van der Waals surface area contributed by atoms with Crippen LogP contribution in [-0.4, -0.2) is 24.5 Å². The molecule has 1 aliphatic heterocycles. The molecule has 2 N–H and O–H groups in total. The van der Waals surface area contributed by atoms with Crippen molar-refractivity contribution >= 4 is 5.91 Å². The lowest BCUT2D eigenvalue weighted by atomic mass is 10.1. The third kappa shape index (κ3) is 3.80. The number of benzene rings is 1. The number of nitrogens with zero attached hydrogens (tertiary/aromatic N) is 1. The molecule has 2 rings (SSSR count). The zero-order chi connectivity index (χ0) is 13.7. The van der Waals surface area contributed by atoms with Crippen LogP contribution in [0.4, 0.5) is 0 Å². The molecule has 19 heavy (non-hydrogen) atoms. The summed E-state index contributed by atoms with van der Waals surface area (Å²) in [6.07, 6.45) is 1.39. The van der Waals surface area contributed by atoms with Crippen molar-refractivity contribution in [2.24, 2.45) is 5.92 Å². The van der Waals surface area contributed by atoms with E-state index in [0.717, 1.165) is 18.5 Å². The zero-order valence-electron chi connectivity index (χ0n) is 11.1. The number of rotatable bonds is 4. The molecule has 0 bridgehead atoms. The second kappa shape index (κ2) is 6.35. The second-order valence-corrected chi connectivity index (χ2v) is 5.18. The normalized spacial score (nSPS) is 23.6. The standard InChI is InChI=1S/C15H19N3O/c1-11-7-14(17-10-11)15(19)18-13(9-16)8-12-5-3-2-4-6-12/h2-6,11,13-14,17H,7-8,10H2,1H3,(H,18,19)/t11-,13-,14-/m0/s1. The van der Waals surface area contributed by atoms with E-state index in [2.05, 4.69) is 23.6 Å². The van der Waals surface area contributed by atoms with E-state index >= 15 is 0 Å². The van der Waals surface area contributed by atoms with Gasteiger partial charge in [-0.15, -0.1) is 0 Å². The molecule has 4 heteroatoms. The van der Waals surface area contributed by atoms with Crippen molar-refractivity contribution in [1.29, 1.82) is 5.26 Å². The molecule has 1 aliphatic rings. The van der Waals surface area contributed by atoms with Crippen molar-refractivity contribution in [1.82, 2.24) is 10.6 Å². The van der Waals surface area contributed by atoms with Crippen molar-refractivity contribution in [2.45, 2.75) is 31.8 Å². The average molecular weight is 257 g/mol. The van der Waals surface area contributed by atoms with E-state index in [1.807, 2.05) is 30.3 Å². The first-order valence-electron chi connectivity index (χ1n) is 6.66. The van der Waals surface area contributed by atoms with Gasteiger partial charge in [0, 0.05) is 6.42 Å². The fourth-order valence-corrected chi connectivity index (χ4v) is 2.36. The van der Waals surface area contributed by atoms with Gasteiger partial charge in [-0.05, 0) is 24.4 Å². The third-order valence-electron chi connectivity index (χ3n) is 3.42. The fourth-order valence-electron chi connectivity index (χ4n) is 2.36. The van der Waals surface area contributed by atoms with Gasteiger partial charge >= 0.3 is 0 Å². The van der Waals surface area contributed by atoms with Gasteiger partial charge in [-0.2, -0.15) is 5.26 Å². The molecule has 1 heterocycles. The predicted molar refractivity (Wildman–Crippen MR) is 73.3 cm³/mol. The number of carbonyl (C=O) groups is 1. The van der Waals surface area contributed by atoms with E-state index in [9.17, 15) is 4.79 Å². The minimum Gasteiger partial charge on any atom is -0.339 e. The molecule has 1 aromatic rings. The Bertz CT molecular complexity index is 466. The summed E-state index contributed by atoms with van der Waals surface area (Å²) in [5.41, 5.74) is 1.06. The summed E-state index contributed by atoms with van der Waals surface area (Å²) in [5, 5.41) is 15.1. The first-order valence-corrected chi connectivity index (χ1v) is 6.66. The Morgan fingerprint density at radius 1 is 1.53 bits per heavy atom. The SMILES string of the molecule is C[C@@H]1CN[C@H](C(=O)N[C@H](C#N)Cc2ccccc2)C1. The van der Waals surface area contributed by atoms with Gasteiger partial charge in [0.25, 0.3) is 0 Å². The molecular formula is C15H19N3O. The number of carbonyl (C=O) groups excluding carboxylic acids is 1. The molecular weight excluding hydrogens is 238 g/mol. The molecule has 4 nitrogen and oxygen atoms in total. The highest BCUT2D eigenvalue weighted by atomic mass is 16.2. The van der Waals surface area contributed by atoms with Crippen molar-refractivity contribution < 1.29 is 4.79 Å². The van der Waals surface area contributed by atoms with Crippen molar-refractivity contribution in [3.05, 3.63) is 35.9 Å². The summed E-state index contributed by atoms with van der Waals surface area (Å²) >= 11 is 0. The highest BCUT2D eigenvalue weighted by Gasteiger charge is 2.28.